The molecule has 0 amide bonds. The van der Waals surface area contributed by atoms with Gasteiger partial charge in [0.05, 0.1) is 18.0 Å². The zero-order valence-electron chi connectivity index (χ0n) is 11.0. The van der Waals surface area contributed by atoms with E-state index in [4.69, 9.17) is 23.2 Å². The predicted molar refractivity (Wildman–Crippen MR) is 84.9 cm³/mol. The molecule has 0 saturated carbocycles. The number of para-hydroxylation sites is 1. The Morgan fingerprint density at radius 2 is 1.62 bits per heavy atom. The van der Waals surface area contributed by atoms with Crippen molar-refractivity contribution in [1.82, 2.24) is 9.78 Å². The highest BCUT2D eigenvalue weighted by atomic mass is 35.5. The lowest BCUT2D eigenvalue weighted by atomic mass is 10.1. The third-order valence-electron chi connectivity index (χ3n) is 3.20. The van der Waals surface area contributed by atoms with E-state index in [2.05, 4.69) is 5.10 Å². The molecule has 2 aromatic carbocycles. The smallest absolute Gasteiger partial charge is 0.139 e. The topological polar surface area (TPSA) is 38.1 Å². The van der Waals surface area contributed by atoms with E-state index in [0.717, 1.165) is 11.3 Å². The molecule has 5 heteroatoms. The molecule has 0 aliphatic carbocycles. The summed E-state index contributed by atoms with van der Waals surface area (Å²) in [5.74, 6) is 0. The number of benzene rings is 2. The lowest BCUT2D eigenvalue weighted by molar-refractivity contribution is 0.282. The molecule has 0 aliphatic heterocycles. The van der Waals surface area contributed by atoms with Gasteiger partial charge in [-0.25, -0.2) is 4.68 Å². The fourth-order valence-electron chi connectivity index (χ4n) is 2.15. The van der Waals surface area contributed by atoms with Crippen molar-refractivity contribution in [2.75, 3.05) is 0 Å². The molecule has 3 rings (SSSR count). The van der Waals surface area contributed by atoms with Crippen LogP contribution in [0.2, 0.25) is 10.2 Å². The van der Waals surface area contributed by atoms with Gasteiger partial charge < -0.3 is 5.11 Å². The zero-order valence-corrected chi connectivity index (χ0v) is 12.5. The van der Waals surface area contributed by atoms with Gasteiger partial charge in [0.1, 0.15) is 5.15 Å². The van der Waals surface area contributed by atoms with Gasteiger partial charge in [-0.2, -0.15) is 5.10 Å². The first-order valence-corrected chi connectivity index (χ1v) is 7.16. The van der Waals surface area contributed by atoms with Crippen LogP contribution in [0.25, 0.3) is 16.9 Å². The van der Waals surface area contributed by atoms with Crippen LogP contribution >= 0.6 is 23.2 Å². The Morgan fingerprint density at radius 1 is 0.952 bits per heavy atom. The zero-order chi connectivity index (χ0) is 14.8. The fraction of sp³-hybridized carbons (Fsp3) is 0.0625. The number of halogens is 2. The minimum atomic E-state index is -0.177. The van der Waals surface area contributed by atoms with E-state index in [1.54, 1.807) is 16.8 Å². The average Bonchev–Trinajstić information content (AvgIpc) is 2.85. The quantitative estimate of drug-likeness (QED) is 0.780. The molecule has 0 atom stereocenters. The molecule has 0 bridgehead atoms. The Bertz CT molecular complexity index is 752. The highest BCUT2D eigenvalue weighted by Gasteiger charge is 2.17. The standard InChI is InChI=1S/C16H12Cl2N2O/c17-12-8-6-11(7-9-12)15-14(10-21)16(18)20(19-15)13-4-2-1-3-5-13/h1-9,21H,10H2. The SMILES string of the molecule is OCc1c(-c2ccc(Cl)cc2)nn(-c2ccccc2)c1Cl. The summed E-state index contributed by atoms with van der Waals surface area (Å²) in [6.07, 6.45) is 0. The maximum atomic E-state index is 9.61. The van der Waals surface area contributed by atoms with Crippen LogP contribution in [0.5, 0.6) is 0 Å². The largest absolute Gasteiger partial charge is 0.391 e. The molecule has 1 heterocycles. The van der Waals surface area contributed by atoms with Gasteiger partial charge in [0.2, 0.25) is 0 Å². The van der Waals surface area contributed by atoms with Crippen molar-refractivity contribution in [3.63, 3.8) is 0 Å². The number of nitrogens with zero attached hydrogens (tertiary/aromatic N) is 2. The number of rotatable bonds is 3. The van der Waals surface area contributed by atoms with E-state index in [1.165, 1.54) is 0 Å². The Balaban J connectivity index is 2.16. The van der Waals surface area contributed by atoms with E-state index >= 15 is 0 Å². The van der Waals surface area contributed by atoms with Crippen molar-refractivity contribution >= 4 is 23.2 Å². The summed E-state index contributed by atoms with van der Waals surface area (Å²) in [7, 11) is 0. The van der Waals surface area contributed by atoms with Gasteiger partial charge in [-0.05, 0) is 24.3 Å². The van der Waals surface area contributed by atoms with Gasteiger partial charge in [0.15, 0.2) is 0 Å². The van der Waals surface area contributed by atoms with Gasteiger partial charge in [0, 0.05) is 16.1 Å². The van der Waals surface area contributed by atoms with Crippen LogP contribution in [0.1, 0.15) is 5.56 Å². The molecular formula is C16H12Cl2N2O. The van der Waals surface area contributed by atoms with Gasteiger partial charge in [0.25, 0.3) is 0 Å². The lowest BCUT2D eigenvalue weighted by Crippen LogP contribution is -1.96. The number of hydrogen-bond donors (Lipinski definition) is 1. The van der Waals surface area contributed by atoms with Crippen molar-refractivity contribution in [1.29, 1.82) is 0 Å². The summed E-state index contributed by atoms with van der Waals surface area (Å²) in [4.78, 5) is 0. The van der Waals surface area contributed by atoms with Crippen LogP contribution in [0, 0.1) is 0 Å². The summed E-state index contributed by atoms with van der Waals surface area (Å²) in [6.45, 7) is -0.177. The molecule has 0 aliphatic rings. The molecule has 0 saturated heterocycles. The average molecular weight is 319 g/mol. The molecule has 3 nitrogen and oxygen atoms in total. The van der Waals surface area contributed by atoms with Gasteiger partial charge in [-0.1, -0.05) is 53.5 Å². The maximum Gasteiger partial charge on any atom is 0.139 e. The molecule has 0 spiro atoms. The first-order valence-electron chi connectivity index (χ1n) is 6.40. The van der Waals surface area contributed by atoms with Crippen LogP contribution in [0.4, 0.5) is 0 Å². The molecule has 3 aromatic rings. The first kappa shape index (κ1) is 14.1. The summed E-state index contributed by atoms with van der Waals surface area (Å²) < 4.78 is 1.62. The van der Waals surface area contributed by atoms with Gasteiger partial charge >= 0.3 is 0 Å². The van der Waals surface area contributed by atoms with E-state index < -0.39 is 0 Å². The minimum Gasteiger partial charge on any atom is -0.391 e. The van der Waals surface area contributed by atoms with Crippen molar-refractivity contribution in [2.24, 2.45) is 0 Å². The van der Waals surface area contributed by atoms with Crippen molar-refractivity contribution < 1.29 is 5.11 Å². The number of aliphatic hydroxyl groups excluding tert-OH is 1. The third-order valence-corrected chi connectivity index (χ3v) is 3.84. The number of aromatic nitrogens is 2. The van der Waals surface area contributed by atoms with E-state index in [9.17, 15) is 5.11 Å². The first-order chi connectivity index (χ1) is 10.2. The Labute approximate surface area is 132 Å². The van der Waals surface area contributed by atoms with Crippen molar-refractivity contribution in [3.8, 4) is 16.9 Å². The van der Waals surface area contributed by atoms with E-state index in [0.29, 0.717) is 21.4 Å². The normalized spacial score (nSPS) is 10.8. The second kappa shape index (κ2) is 5.90. The number of hydrogen-bond acceptors (Lipinski definition) is 2. The number of aliphatic hydroxyl groups is 1. The third kappa shape index (κ3) is 2.68. The highest BCUT2D eigenvalue weighted by Crippen LogP contribution is 2.31. The molecule has 21 heavy (non-hydrogen) atoms. The predicted octanol–water partition coefficient (Wildman–Crippen LogP) is 4.34. The highest BCUT2D eigenvalue weighted by molar-refractivity contribution is 6.31. The van der Waals surface area contributed by atoms with Crippen molar-refractivity contribution in [2.45, 2.75) is 6.61 Å². The molecule has 106 valence electrons. The van der Waals surface area contributed by atoms with E-state index in [-0.39, 0.29) is 6.61 Å². The van der Waals surface area contributed by atoms with Crippen molar-refractivity contribution in [3.05, 3.63) is 70.3 Å². The van der Waals surface area contributed by atoms with Crippen LogP contribution in [-0.2, 0) is 6.61 Å². The van der Waals surface area contributed by atoms with Crippen LogP contribution in [0.3, 0.4) is 0 Å². The van der Waals surface area contributed by atoms with E-state index in [1.807, 2.05) is 42.5 Å². The lowest BCUT2D eigenvalue weighted by Gasteiger charge is -2.02. The van der Waals surface area contributed by atoms with Crippen LogP contribution < -0.4 is 0 Å². The summed E-state index contributed by atoms with van der Waals surface area (Å²) in [5.41, 5.74) is 2.96. The van der Waals surface area contributed by atoms with Crippen LogP contribution in [0.15, 0.2) is 54.6 Å². The second-order valence-corrected chi connectivity index (χ2v) is 5.32. The Morgan fingerprint density at radius 3 is 2.24 bits per heavy atom. The summed E-state index contributed by atoms with van der Waals surface area (Å²) in [6, 6.07) is 16.8. The molecule has 0 radical (unpaired) electrons. The minimum absolute atomic E-state index is 0.177. The monoisotopic (exact) mass is 318 g/mol. The second-order valence-electron chi connectivity index (χ2n) is 4.53. The molecule has 1 N–H and O–H groups in total. The fourth-order valence-corrected chi connectivity index (χ4v) is 2.56. The summed E-state index contributed by atoms with van der Waals surface area (Å²) in [5, 5.41) is 15.2. The molecular weight excluding hydrogens is 307 g/mol. The molecule has 0 fully saturated rings. The molecule has 0 unspecified atom stereocenters. The molecule has 1 aromatic heterocycles. The Kier molecular flexibility index (Phi) is 3.97. The summed E-state index contributed by atoms with van der Waals surface area (Å²) >= 11 is 12.3. The van der Waals surface area contributed by atoms with Gasteiger partial charge in [-0.3, -0.25) is 0 Å². The van der Waals surface area contributed by atoms with Gasteiger partial charge in [-0.15, -0.1) is 0 Å². The van der Waals surface area contributed by atoms with Crippen LogP contribution in [-0.4, -0.2) is 14.9 Å². The maximum absolute atomic E-state index is 9.61. The Hall–Kier alpha value is -1.81.